The molecule has 0 saturated heterocycles. The molecule has 10 heteroatoms. The number of aliphatic carboxylic acids is 1. The molecular formula is C27H34N4O6. The number of hydrogen-bond donors (Lipinski definition) is 5. The Bertz CT molecular complexity index is 1090. The Morgan fingerprint density at radius 3 is 1.97 bits per heavy atom. The van der Waals surface area contributed by atoms with Crippen LogP contribution in [0.5, 0.6) is 0 Å². The van der Waals surface area contributed by atoms with Gasteiger partial charge >= 0.3 is 12.1 Å². The van der Waals surface area contributed by atoms with Crippen molar-refractivity contribution in [3.8, 4) is 11.1 Å². The number of alkyl carbamates (subject to hydrolysis) is 1. The first-order valence-corrected chi connectivity index (χ1v) is 12.4. The summed E-state index contributed by atoms with van der Waals surface area (Å²) in [5, 5.41) is 16.7. The molecule has 0 aromatic heterocycles. The Hall–Kier alpha value is -3.92. The van der Waals surface area contributed by atoms with E-state index >= 15 is 0 Å². The zero-order valence-electron chi connectivity index (χ0n) is 21.0. The van der Waals surface area contributed by atoms with Gasteiger partial charge in [0.25, 0.3) is 0 Å². The molecule has 0 heterocycles. The van der Waals surface area contributed by atoms with Gasteiger partial charge in [-0.2, -0.15) is 0 Å². The molecule has 1 aliphatic carbocycles. The first kappa shape index (κ1) is 27.7. The number of nitrogens with two attached hydrogens (primary N) is 1. The lowest BCUT2D eigenvalue weighted by molar-refractivity contribution is -0.142. The molecule has 0 bridgehead atoms. The van der Waals surface area contributed by atoms with Crippen LogP contribution in [0.15, 0.2) is 48.5 Å². The predicted octanol–water partition coefficient (Wildman–Crippen LogP) is 2.12. The maximum absolute atomic E-state index is 12.5. The summed E-state index contributed by atoms with van der Waals surface area (Å²) in [7, 11) is 0. The van der Waals surface area contributed by atoms with Crippen LogP contribution in [0.4, 0.5) is 4.79 Å². The van der Waals surface area contributed by atoms with Crippen molar-refractivity contribution < 1.29 is 29.0 Å². The van der Waals surface area contributed by atoms with E-state index in [1.165, 1.54) is 13.8 Å². The summed E-state index contributed by atoms with van der Waals surface area (Å²) in [4.78, 5) is 48.8. The Labute approximate surface area is 216 Å². The van der Waals surface area contributed by atoms with E-state index in [2.05, 4.69) is 16.0 Å². The fourth-order valence-corrected chi connectivity index (χ4v) is 4.33. The highest BCUT2D eigenvalue weighted by molar-refractivity contribution is 5.92. The number of carbonyl (C=O) groups excluding carboxylic acids is 3. The van der Waals surface area contributed by atoms with Gasteiger partial charge in [-0.3, -0.25) is 9.59 Å². The first-order valence-electron chi connectivity index (χ1n) is 12.4. The molecule has 0 spiro atoms. The molecule has 6 N–H and O–H groups in total. The van der Waals surface area contributed by atoms with E-state index in [-0.39, 0.29) is 18.9 Å². The second-order valence-corrected chi connectivity index (χ2v) is 9.11. The molecule has 1 aliphatic rings. The average Bonchev–Trinajstić information content (AvgIpc) is 3.20. The van der Waals surface area contributed by atoms with Crippen LogP contribution in [0, 0.1) is 0 Å². The monoisotopic (exact) mass is 510 g/mol. The van der Waals surface area contributed by atoms with E-state index in [4.69, 9.17) is 10.5 Å². The van der Waals surface area contributed by atoms with Crippen molar-refractivity contribution in [1.29, 1.82) is 0 Å². The average molecular weight is 511 g/mol. The van der Waals surface area contributed by atoms with E-state index in [0.717, 1.165) is 22.3 Å². The second-order valence-electron chi connectivity index (χ2n) is 9.11. The number of amides is 3. The van der Waals surface area contributed by atoms with Crippen LogP contribution in [0.1, 0.15) is 50.2 Å². The maximum atomic E-state index is 12.5. The van der Waals surface area contributed by atoms with Gasteiger partial charge in [0.15, 0.2) is 0 Å². The zero-order valence-corrected chi connectivity index (χ0v) is 21.0. The SMILES string of the molecule is C[C@H](NC(=O)OCC1c2ccccc2-c2ccccc21)C(=O)N[C@@H](C)C(=O)N[C@@H](CCCCN)C(=O)O. The minimum atomic E-state index is -1.16. The molecule has 10 nitrogen and oxygen atoms in total. The molecule has 2 aromatic carbocycles. The van der Waals surface area contributed by atoms with Crippen LogP contribution in [0.3, 0.4) is 0 Å². The molecule has 0 saturated carbocycles. The van der Waals surface area contributed by atoms with Crippen LogP contribution >= 0.6 is 0 Å². The summed E-state index contributed by atoms with van der Waals surface area (Å²) in [5.41, 5.74) is 9.79. The van der Waals surface area contributed by atoms with Gasteiger partial charge in [-0.15, -0.1) is 0 Å². The van der Waals surface area contributed by atoms with Crippen LogP contribution in [0.2, 0.25) is 0 Å². The Morgan fingerprint density at radius 2 is 1.41 bits per heavy atom. The lowest BCUT2D eigenvalue weighted by atomic mass is 9.98. The number of carboxylic acid groups (broad SMARTS) is 1. The van der Waals surface area contributed by atoms with Gasteiger partial charge in [0.05, 0.1) is 0 Å². The van der Waals surface area contributed by atoms with E-state index in [0.29, 0.717) is 19.4 Å². The lowest BCUT2D eigenvalue weighted by Gasteiger charge is -2.21. The molecule has 2 aromatic rings. The minimum Gasteiger partial charge on any atom is -0.480 e. The van der Waals surface area contributed by atoms with Gasteiger partial charge in [0.1, 0.15) is 24.7 Å². The Morgan fingerprint density at radius 1 is 0.865 bits per heavy atom. The molecule has 198 valence electrons. The molecule has 0 unspecified atom stereocenters. The van der Waals surface area contributed by atoms with Crippen LogP contribution in [0.25, 0.3) is 11.1 Å². The van der Waals surface area contributed by atoms with Crippen molar-refractivity contribution in [3.05, 3.63) is 59.7 Å². The smallest absolute Gasteiger partial charge is 0.407 e. The summed E-state index contributed by atoms with van der Waals surface area (Å²) < 4.78 is 5.46. The standard InChI is InChI=1S/C27H34N4O6/c1-16(25(33)31-23(26(34)35)13-7-8-14-28)29-24(32)17(2)30-27(36)37-15-22-20-11-5-3-9-18(20)19-10-4-6-12-21(19)22/h3-6,9-12,16-17,22-23H,7-8,13-15,28H2,1-2H3,(H,29,32)(H,30,36)(H,31,33)(H,34,35)/t16-,17-,23-/m0/s1. The van der Waals surface area contributed by atoms with Crippen molar-refractivity contribution in [1.82, 2.24) is 16.0 Å². The van der Waals surface area contributed by atoms with Crippen molar-refractivity contribution in [2.24, 2.45) is 5.73 Å². The predicted molar refractivity (Wildman–Crippen MR) is 138 cm³/mol. The van der Waals surface area contributed by atoms with Crippen molar-refractivity contribution >= 4 is 23.9 Å². The van der Waals surface area contributed by atoms with Gasteiger partial charge in [-0.05, 0) is 61.9 Å². The highest BCUT2D eigenvalue weighted by Gasteiger charge is 2.30. The summed E-state index contributed by atoms with van der Waals surface area (Å²) >= 11 is 0. The van der Waals surface area contributed by atoms with Gasteiger partial charge in [-0.1, -0.05) is 48.5 Å². The van der Waals surface area contributed by atoms with Gasteiger partial charge in [0.2, 0.25) is 11.8 Å². The number of fused-ring (bicyclic) bond motifs is 3. The number of rotatable bonds is 12. The van der Waals surface area contributed by atoms with Gasteiger partial charge in [0, 0.05) is 5.92 Å². The number of unbranched alkanes of at least 4 members (excludes halogenated alkanes) is 1. The molecule has 0 aliphatic heterocycles. The lowest BCUT2D eigenvalue weighted by Crippen LogP contribution is -2.54. The number of benzene rings is 2. The molecule has 0 fully saturated rings. The van der Waals surface area contributed by atoms with Crippen molar-refractivity contribution in [3.63, 3.8) is 0 Å². The number of carboxylic acids is 1. The normalized spacial score (nSPS) is 14.5. The summed E-state index contributed by atoms with van der Waals surface area (Å²) in [6.45, 7) is 3.44. The molecule has 3 rings (SSSR count). The highest BCUT2D eigenvalue weighted by atomic mass is 16.5. The zero-order chi connectivity index (χ0) is 26.9. The summed E-state index contributed by atoms with van der Waals surface area (Å²) in [6.07, 6.45) is 0.673. The minimum absolute atomic E-state index is 0.105. The van der Waals surface area contributed by atoms with Crippen LogP contribution in [-0.4, -0.2) is 60.3 Å². The van der Waals surface area contributed by atoms with E-state index in [1.807, 2.05) is 48.5 Å². The Kier molecular flexibility index (Phi) is 9.62. The van der Waals surface area contributed by atoms with Crippen molar-refractivity contribution in [2.45, 2.75) is 57.2 Å². The molecule has 3 amide bonds. The topological polar surface area (TPSA) is 160 Å². The number of carbonyl (C=O) groups is 4. The third-order valence-electron chi connectivity index (χ3n) is 6.38. The number of hydrogen-bond acceptors (Lipinski definition) is 6. The van der Waals surface area contributed by atoms with Crippen molar-refractivity contribution in [2.75, 3.05) is 13.2 Å². The third-order valence-corrected chi connectivity index (χ3v) is 6.38. The highest BCUT2D eigenvalue weighted by Crippen LogP contribution is 2.44. The fraction of sp³-hybridized carbons (Fsp3) is 0.407. The Balaban J connectivity index is 1.49. The molecule has 3 atom stereocenters. The van der Waals surface area contributed by atoms with E-state index < -0.39 is 42.0 Å². The first-order chi connectivity index (χ1) is 17.7. The largest absolute Gasteiger partial charge is 0.480 e. The number of ether oxygens (including phenoxy) is 1. The molecule has 37 heavy (non-hydrogen) atoms. The van der Waals surface area contributed by atoms with Crippen LogP contribution < -0.4 is 21.7 Å². The third kappa shape index (κ3) is 7.07. The van der Waals surface area contributed by atoms with Gasteiger partial charge in [-0.25, -0.2) is 9.59 Å². The van der Waals surface area contributed by atoms with E-state index in [1.54, 1.807) is 0 Å². The van der Waals surface area contributed by atoms with Gasteiger partial charge < -0.3 is 31.5 Å². The summed E-state index contributed by atoms with van der Waals surface area (Å²) in [5.74, 6) is -2.51. The van der Waals surface area contributed by atoms with E-state index in [9.17, 15) is 24.3 Å². The summed E-state index contributed by atoms with van der Waals surface area (Å²) in [6, 6.07) is 12.9. The van der Waals surface area contributed by atoms with Crippen LogP contribution in [-0.2, 0) is 19.1 Å². The second kappa shape index (κ2) is 12.9. The molecular weight excluding hydrogens is 476 g/mol. The number of nitrogens with one attached hydrogen (secondary N) is 3. The quantitative estimate of drug-likeness (QED) is 0.273. The molecule has 0 radical (unpaired) electrons. The fourth-order valence-electron chi connectivity index (χ4n) is 4.33. The maximum Gasteiger partial charge on any atom is 0.407 e.